The predicted molar refractivity (Wildman–Crippen MR) is 66.0 cm³/mol. The minimum Gasteiger partial charge on any atom is -0.476 e. The van der Waals surface area contributed by atoms with Crippen LogP contribution in [0.5, 0.6) is 0 Å². The zero-order valence-electron chi connectivity index (χ0n) is 10.5. The summed E-state index contributed by atoms with van der Waals surface area (Å²) >= 11 is 0. The van der Waals surface area contributed by atoms with E-state index in [9.17, 15) is 14.4 Å². The number of carboxylic acids is 1. The van der Waals surface area contributed by atoms with Crippen LogP contribution in [0.1, 0.15) is 10.5 Å². The van der Waals surface area contributed by atoms with Crippen LogP contribution >= 0.6 is 0 Å². The molecule has 110 valence electrons. The van der Waals surface area contributed by atoms with Gasteiger partial charge in [-0.2, -0.15) is 0 Å². The molecular weight excluding hydrogens is 270 g/mol. The van der Waals surface area contributed by atoms with Gasteiger partial charge >= 0.3 is 18.0 Å². The number of carboxylic acid groups (broad SMARTS) is 1. The van der Waals surface area contributed by atoms with E-state index in [4.69, 9.17) is 10.8 Å². The van der Waals surface area contributed by atoms with E-state index in [0.29, 0.717) is 0 Å². The summed E-state index contributed by atoms with van der Waals surface area (Å²) in [5.41, 5.74) is 4.68. The van der Waals surface area contributed by atoms with Gasteiger partial charge in [-0.1, -0.05) is 5.21 Å². The fourth-order valence-corrected chi connectivity index (χ4v) is 1.21. The smallest absolute Gasteiger partial charge is 0.358 e. The molecule has 1 heterocycles. The second-order valence-electron chi connectivity index (χ2n) is 3.65. The van der Waals surface area contributed by atoms with Crippen molar-refractivity contribution in [2.45, 2.75) is 6.54 Å². The Morgan fingerprint density at radius 2 is 1.85 bits per heavy atom. The fraction of sp³-hybridized carbons (Fsp3) is 0.444. The van der Waals surface area contributed by atoms with E-state index >= 15 is 0 Å². The number of nitrogens with zero attached hydrogens (tertiary/aromatic N) is 3. The van der Waals surface area contributed by atoms with E-state index in [1.807, 2.05) is 0 Å². The van der Waals surface area contributed by atoms with Crippen molar-refractivity contribution in [3.05, 3.63) is 11.9 Å². The molecule has 0 aliphatic carbocycles. The number of nitrogens with one attached hydrogen (secondary N) is 3. The highest BCUT2D eigenvalue weighted by molar-refractivity contribution is 5.84. The van der Waals surface area contributed by atoms with E-state index in [-0.39, 0.29) is 31.9 Å². The Kier molecular flexibility index (Phi) is 5.75. The van der Waals surface area contributed by atoms with Crippen molar-refractivity contribution in [3.63, 3.8) is 0 Å². The molecule has 0 unspecified atom stereocenters. The van der Waals surface area contributed by atoms with Crippen molar-refractivity contribution in [1.82, 2.24) is 30.9 Å². The highest BCUT2D eigenvalue weighted by atomic mass is 16.4. The SMILES string of the molecule is NC(=O)NCCNC(=O)NCCn1cc(C(=O)O)nn1. The minimum absolute atomic E-state index is 0.160. The minimum atomic E-state index is -1.16. The lowest BCUT2D eigenvalue weighted by molar-refractivity contribution is 0.0690. The van der Waals surface area contributed by atoms with Crippen molar-refractivity contribution in [2.24, 2.45) is 5.73 Å². The molecular formula is C9H15N7O4. The number of amides is 4. The van der Waals surface area contributed by atoms with Crippen LogP contribution < -0.4 is 21.7 Å². The number of rotatable bonds is 7. The molecule has 6 N–H and O–H groups in total. The van der Waals surface area contributed by atoms with Gasteiger partial charge in [0.25, 0.3) is 0 Å². The van der Waals surface area contributed by atoms with Gasteiger partial charge in [0.15, 0.2) is 5.69 Å². The molecule has 0 fully saturated rings. The largest absolute Gasteiger partial charge is 0.476 e. The molecule has 1 aromatic heterocycles. The fourth-order valence-electron chi connectivity index (χ4n) is 1.21. The van der Waals surface area contributed by atoms with Crippen molar-refractivity contribution in [3.8, 4) is 0 Å². The normalized spacial score (nSPS) is 9.80. The molecule has 11 nitrogen and oxygen atoms in total. The predicted octanol–water partition coefficient (Wildman–Crippen LogP) is -2.06. The number of aromatic nitrogens is 3. The molecule has 0 spiro atoms. The lowest BCUT2D eigenvalue weighted by Crippen LogP contribution is -2.42. The topological polar surface area (TPSA) is 164 Å². The summed E-state index contributed by atoms with van der Waals surface area (Å²) < 4.78 is 1.30. The number of aromatic carboxylic acids is 1. The van der Waals surface area contributed by atoms with Crippen molar-refractivity contribution in [1.29, 1.82) is 0 Å². The van der Waals surface area contributed by atoms with Gasteiger partial charge in [-0.05, 0) is 0 Å². The highest BCUT2D eigenvalue weighted by Crippen LogP contribution is 1.91. The van der Waals surface area contributed by atoms with Crippen molar-refractivity contribution >= 4 is 18.0 Å². The van der Waals surface area contributed by atoms with Gasteiger partial charge in [0.1, 0.15) is 0 Å². The van der Waals surface area contributed by atoms with Gasteiger partial charge in [-0.15, -0.1) is 5.10 Å². The summed E-state index contributed by atoms with van der Waals surface area (Å²) in [5.74, 6) is -1.16. The number of hydrogen-bond donors (Lipinski definition) is 5. The van der Waals surface area contributed by atoms with Crippen LogP contribution in [0.3, 0.4) is 0 Å². The van der Waals surface area contributed by atoms with E-state index in [2.05, 4.69) is 26.3 Å². The van der Waals surface area contributed by atoms with Crippen LogP contribution in [0.2, 0.25) is 0 Å². The molecule has 4 amide bonds. The third-order valence-corrected chi connectivity index (χ3v) is 2.09. The summed E-state index contributed by atoms with van der Waals surface area (Å²) in [6.45, 7) is 1.000. The third-order valence-electron chi connectivity index (χ3n) is 2.09. The quantitative estimate of drug-likeness (QED) is 0.361. The van der Waals surface area contributed by atoms with Gasteiger partial charge in [-0.3, -0.25) is 0 Å². The summed E-state index contributed by atoms with van der Waals surface area (Å²) in [6.07, 6.45) is 1.26. The lowest BCUT2D eigenvalue weighted by Gasteiger charge is -2.07. The Labute approximate surface area is 113 Å². The molecule has 11 heteroatoms. The molecule has 0 bridgehead atoms. The maximum atomic E-state index is 11.3. The van der Waals surface area contributed by atoms with Crippen LogP contribution in [0.15, 0.2) is 6.20 Å². The van der Waals surface area contributed by atoms with Crippen LogP contribution in [-0.2, 0) is 6.54 Å². The van der Waals surface area contributed by atoms with Gasteiger partial charge in [0.2, 0.25) is 0 Å². The number of hydrogen-bond acceptors (Lipinski definition) is 5. The zero-order chi connectivity index (χ0) is 15.0. The van der Waals surface area contributed by atoms with E-state index in [0.717, 1.165) is 0 Å². The highest BCUT2D eigenvalue weighted by Gasteiger charge is 2.07. The maximum absolute atomic E-state index is 11.3. The Morgan fingerprint density at radius 1 is 1.20 bits per heavy atom. The molecule has 0 aliphatic rings. The Bertz CT molecular complexity index is 486. The molecule has 1 rings (SSSR count). The Balaban J connectivity index is 2.15. The van der Waals surface area contributed by atoms with Gasteiger partial charge in [-0.25, -0.2) is 19.1 Å². The number of carbonyl (C=O) groups is 3. The first-order valence-electron chi connectivity index (χ1n) is 5.67. The second kappa shape index (κ2) is 7.56. The molecule has 0 saturated heterocycles. The molecule has 0 atom stereocenters. The maximum Gasteiger partial charge on any atom is 0.358 e. The first-order chi connectivity index (χ1) is 9.49. The third kappa shape index (κ3) is 5.66. The van der Waals surface area contributed by atoms with Crippen molar-refractivity contribution in [2.75, 3.05) is 19.6 Å². The van der Waals surface area contributed by atoms with Crippen LogP contribution in [0.4, 0.5) is 9.59 Å². The average molecular weight is 285 g/mol. The van der Waals surface area contributed by atoms with Crippen LogP contribution in [0.25, 0.3) is 0 Å². The number of carbonyl (C=O) groups excluding carboxylic acids is 2. The number of primary amides is 1. The summed E-state index contributed by atoms with van der Waals surface area (Å²) in [4.78, 5) is 32.2. The van der Waals surface area contributed by atoms with Crippen LogP contribution in [0, 0.1) is 0 Å². The molecule has 0 aliphatic heterocycles. The standard InChI is InChI=1S/C9H15N7O4/c10-8(19)11-1-2-12-9(20)13-3-4-16-5-6(7(17)18)14-15-16/h5H,1-4H2,(H,17,18)(H3,10,11,19)(H2,12,13,20). The van der Waals surface area contributed by atoms with E-state index < -0.39 is 18.0 Å². The monoisotopic (exact) mass is 285 g/mol. The van der Waals surface area contributed by atoms with Gasteiger partial charge in [0, 0.05) is 19.6 Å². The molecule has 20 heavy (non-hydrogen) atoms. The van der Waals surface area contributed by atoms with Crippen molar-refractivity contribution < 1.29 is 19.5 Å². The average Bonchev–Trinajstić information content (AvgIpc) is 2.83. The molecule has 0 radical (unpaired) electrons. The number of urea groups is 2. The Hall–Kier alpha value is -2.85. The van der Waals surface area contributed by atoms with E-state index in [1.165, 1.54) is 10.9 Å². The van der Waals surface area contributed by atoms with Crippen LogP contribution in [-0.4, -0.2) is 57.8 Å². The van der Waals surface area contributed by atoms with E-state index in [1.54, 1.807) is 0 Å². The zero-order valence-corrected chi connectivity index (χ0v) is 10.5. The summed E-state index contributed by atoms with van der Waals surface area (Å²) in [7, 11) is 0. The molecule has 0 aromatic carbocycles. The first-order valence-corrected chi connectivity index (χ1v) is 5.67. The summed E-state index contributed by atoms with van der Waals surface area (Å²) in [6, 6.07) is -1.08. The number of nitrogens with two attached hydrogens (primary N) is 1. The first kappa shape index (κ1) is 15.2. The summed E-state index contributed by atoms with van der Waals surface area (Å²) in [5, 5.41) is 23.0. The lowest BCUT2D eigenvalue weighted by atomic mass is 10.5. The molecule has 1 aromatic rings. The van der Waals surface area contributed by atoms with Gasteiger partial charge in [0.05, 0.1) is 12.7 Å². The van der Waals surface area contributed by atoms with Gasteiger partial charge < -0.3 is 26.8 Å². The second-order valence-corrected chi connectivity index (χ2v) is 3.65. The molecule has 0 saturated carbocycles. The Morgan fingerprint density at radius 3 is 2.45 bits per heavy atom.